The largest absolute Gasteiger partial charge is 0.481 e. The van der Waals surface area contributed by atoms with Crippen LogP contribution in [0.5, 0.6) is 0 Å². The summed E-state index contributed by atoms with van der Waals surface area (Å²) in [7, 11) is -3.48. The second kappa shape index (κ2) is 6.33. The van der Waals surface area contributed by atoms with Crippen molar-refractivity contribution in [3.8, 4) is 0 Å². The number of carbonyl (C=O) groups is 2. The highest BCUT2D eigenvalue weighted by atomic mass is 32.2. The van der Waals surface area contributed by atoms with Gasteiger partial charge in [-0.15, -0.1) is 0 Å². The number of nitrogens with zero attached hydrogens (tertiary/aromatic N) is 1. The Hall–Kier alpha value is -1.15. The third-order valence-corrected chi connectivity index (χ3v) is 5.28. The van der Waals surface area contributed by atoms with Crippen molar-refractivity contribution in [2.24, 2.45) is 11.8 Å². The molecule has 0 bridgehead atoms. The van der Waals surface area contributed by atoms with Gasteiger partial charge in [-0.1, -0.05) is 13.3 Å². The SMILES string of the molecule is CCCCS(=O)(=O)N1CCC(C(=O)O)C(C(=O)O)C1. The molecular weight excluding hydrogens is 274 g/mol. The number of hydrogen-bond donors (Lipinski definition) is 2. The number of sulfonamides is 1. The van der Waals surface area contributed by atoms with E-state index in [1.165, 1.54) is 0 Å². The Morgan fingerprint density at radius 3 is 2.26 bits per heavy atom. The van der Waals surface area contributed by atoms with Crippen LogP contribution in [0.25, 0.3) is 0 Å². The first-order valence-electron chi connectivity index (χ1n) is 6.23. The van der Waals surface area contributed by atoms with E-state index in [9.17, 15) is 18.0 Å². The van der Waals surface area contributed by atoms with E-state index in [2.05, 4.69) is 0 Å². The van der Waals surface area contributed by atoms with Crippen LogP contribution >= 0.6 is 0 Å². The van der Waals surface area contributed by atoms with E-state index < -0.39 is 33.8 Å². The zero-order valence-corrected chi connectivity index (χ0v) is 11.6. The topological polar surface area (TPSA) is 112 Å². The molecule has 2 atom stereocenters. The van der Waals surface area contributed by atoms with Crippen LogP contribution in [-0.4, -0.2) is 53.7 Å². The van der Waals surface area contributed by atoms with E-state index in [1.807, 2.05) is 6.92 Å². The molecule has 0 radical (unpaired) electrons. The quantitative estimate of drug-likeness (QED) is 0.724. The fraction of sp³-hybridized carbons (Fsp3) is 0.818. The molecule has 1 rings (SSSR count). The van der Waals surface area contributed by atoms with Gasteiger partial charge in [-0.25, -0.2) is 12.7 Å². The molecule has 1 heterocycles. The van der Waals surface area contributed by atoms with E-state index in [-0.39, 0.29) is 25.3 Å². The minimum absolute atomic E-state index is 0.0203. The van der Waals surface area contributed by atoms with Crippen molar-refractivity contribution in [2.75, 3.05) is 18.8 Å². The van der Waals surface area contributed by atoms with Crippen molar-refractivity contribution in [1.29, 1.82) is 0 Å². The van der Waals surface area contributed by atoms with Gasteiger partial charge in [0.25, 0.3) is 0 Å². The van der Waals surface area contributed by atoms with Crippen LogP contribution < -0.4 is 0 Å². The third kappa shape index (κ3) is 3.90. The van der Waals surface area contributed by atoms with Gasteiger partial charge in [0, 0.05) is 13.1 Å². The summed E-state index contributed by atoms with van der Waals surface area (Å²) in [6.45, 7) is 1.69. The van der Waals surface area contributed by atoms with Gasteiger partial charge in [0.1, 0.15) is 0 Å². The zero-order valence-electron chi connectivity index (χ0n) is 10.8. The summed E-state index contributed by atoms with van der Waals surface area (Å²) in [4.78, 5) is 22.0. The molecule has 0 spiro atoms. The van der Waals surface area contributed by atoms with Crippen LogP contribution in [0.15, 0.2) is 0 Å². The minimum Gasteiger partial charge on any atom is -0.481 e. The van der Waals surface area contributed by atoms with Crippen LogP contribution in [0.1, 0.15) is 26.2 Å². The second-order valence-corrected chi connectivity index (χ2v) is 6.79. The highest BCUT2D eigenvalue weighted by molar-refractivity contribution is 7.89. The molecular formula is C11H19NO6S. The van der Waals surface area contributed by atoms with Gasteiger partial charge in [-0.2, -0.15) is 0 Å². The molecule has 8 heteroatoms. The smallest absolute Gasteiger partial charge is 0.308 e. The molecule has 7 nitrogen and oxygen atoms in total. The summed E-state index contributed by atoms with van der Waals surface area (Å²) in [6.07, 6.45) is 1.28. The molecule has 1 saturated heterocycles. The molecule has 0 saturated carbocycles. The molecule has 2 N–H and O–H groups in total. The number of carboxylic acids is 2. The summed E-state index contributed by atoms with van der Waals surface area (Å²) >= 11 is 0. The lowest BCUT2D eigenvalue weighted by Gasteiger charge is -2.33. The van der Waals surface area contributed by atoms with Crippen LogP contribution in [0.2, 0.25) is 0 Å². The lowest BCUT2D eigenvalue weighted by atomic mass is 9.86. The first-order chi connectivity index (χ1) is 8.79. The monoisotopic (exact) mass is 293 g/mol. The molecule has 0 aromatic heterocycles. The maximum Gasteiger partial charge on any atom is 0.308 e. The first-order valence-corrected chi connectivity index (χ1v) is 7.84. The predicted octanol–water partition coefficient (Wildman–Crippen LogP) is 0.224. The van der Waals surface area contributed by atoms with Crippen LogP contribution in [0.4, 0.5) is 0 Å². The summed E-state index contributed by atoms with van der Waals surface area (Å²) in [5, 5.41) is 18.0. The molecule has 110 valence electrons. The van der Waals surface area contributed by atoms with Gasteiger partial charge < -0.3 is 10.2 Å². The van der Waals surface area contributed by atoms with Crippen molar-refractivity contribution in [1.82, 2.24) is 4.31 Å². The molecule has 2 unspecified atom stereocenters. The van der Waals surface area contributed by atoms with Crippen LogP contribution in [0, 0.1) is 11.8 Å². The van der Waals surface area contributed by atoms with Crippen molar-refractivity contribution in [2.45, 2.75) is 26.2 Å². The summed E-state index contributed by atoms with van der Waals surface area (Å²) in [6, 6.07) is 0. The zero-order chi connectivity index (χ0) is 14.6. The normalized spacial score (nSPS) is 25.1. The number of hydrogen-bond acceptors (Lipinski definition) is 4. The van der Waals surface area contributed by atoms with E-state index in [0.717, 1.165) is 10.7 Å². The van der Waals surface area contributed by atoms with E-state index in [0.29, 0.717) is 6.42 Å². The van der Waals surface area contributed by atoms with Crippen molar-refractivity contribution < 1.29 is 28.2 Å². The Labute approximate surface area is 112 Å². The van der Waals surface area contributed by atoms with Crippen LogP contribution in [0.3, 0.4) is 0 Å². The van der Waals surface area contributed by atoms with Gasteiger partial charge in [-0.05, 0) is 12.8 Å². The van der Waals surface area contributed by atoms with E-state index in [4.69, 9.17) is 10.2 Å². The summed E-state index contributed by atoms with van der Waals surface area (Å²) in [5.74, 6) is -4.66. The number of piperidine rings is 1. The predicted molar refractivity (Wildman–Crippen MR) is 67.1 cm³/mol. The average molecular weight is 293 g/mol. The average Bonchev–Trinajstić information content (AvgIpc) is 2.35. The Kier molecular flexibility index (Phi) is 5.30. The Morgan fingerprint density at radius 2 is 1.79 bits per heavy atom. The number of unbranched alkanes of at least 4 members (excludes halogenated alkanes) is 1. The Balaban J connectivity index is 2.82. The Bertz CT molecular complexity index is 446. The fourth-order valence-corrected chi connectivity index (χ4v) is 3.86. The van der Waals surface area contributed by atoms with E-state index >= 15 is 0 Å². The Morgan fingerprint density at radius 1 is 1.21 bits per heavy atom. The first kappa shape index (κ1) is 15.9. The fourth-order valence-electron chi connectivity index (χ4n) is 2.18. The third-order valence-electron chi connectivity index (χ3n) is 3.36. The lowest BCUT2D eigenvalue weighted by Crippen LogP contribution is -2.49. The van der Waals surface area contributed by atoms with Crippen molar-refractivity contribution in [3.63, 3.8) is 0 Å². The van der Waals surface area contributed by atoms with Crippen molar-refractivity contribution in [3.05, 3.63) is 0 Å². The molecule has 19 heavy (non-hydrogen) atoms. The minimum atomic E-state index is -3.48. The number of rotatable bonds is 6. The molecule has 0 amide bonds. The summed E-state index contributed by atoms with van der Waals surface area (Å²) < 4.78 is 25.1. The molecule has 1 aliphatic rings. The molecule has 0 aromatic carbocycles. The maximum absolute atomic E-state index is 12.0. The van der Waals surface area contributed by atoms with Crippen molar-refractivity contribution >= 4 is 22.0 Å². The molecule has 0 aromatic rings. The van der Waals surface area contributed by atoms with Gasteiger partial charge in [0.15, 0.2) is 0 Å². The van der Waals surface area contributed by atoms with Gasteiger partial charge >= 0.3 is 11.9 Å². The number of aliphatic carboxylic acids is 2. The second-order valence-electron chi connectivity index (χ2n) is 4.71. The molecule has 1 fully saturated rings. The highest BCUT2D eigenvalue weighted by Gasteiger charge is 2.41. The highest BCUT2D eigenvalue weighted by Crippen LogP contribution is 2.26. The standard InChI is InChI=1S/C11H19NO6S/c1-2-3-6-19(17,18)12-5-4-8(10(13)14)9(7-12)11(15)16/h8-9H,2-7H2,1H3,(H,13,14)(H,15,16). The molecule has 1 aliphatic heterocycles. The summed E-state index contributed by atoms with van der Waals surface area (Å²) in [5.41, 5.74) is 0. The molecule has 0 aliphatic carbocycles. The van der Waals surface area contributed by atoms with Gasteiger partial charge in [-0.3, -0.25) is 9.59 Å². The maximum atomic E-state index is 12.0. The number of carboxylic acid groups (broad SMARTS) is 2. The van der Waals surface area contributed by atoms with Crippen LogP contribution in [-0.2, 0) is 19.6 Å². The van der Waals surface area contributed by atoms with Gasteiger partial charge in [0.2, 0.25) is 10.0 Å². The van der Waals surface area contributed by atoms with Gasteiger partial charge in [0.05, 0.1) is 17.6 Å². The lowest BCUT2D eigenvalue weighted by molar-refractivity contribution is -0.156. The van der Waals surface area contributed by atoms with E-state index in [1.54, 1.807) is 0 Å².